The van der Waals surface area contributed by atoms with Crippen LogP contribution in [-0.4, -0.2) is 42.4 Å². The molecule has 1 aliphatic heterocycles. The van der Waals surface area contributed by atoms with Crippen LogP contribution in [0.15, 0.2) is 86.2 Å². The van der Waals surface area contributed by atoms with E-state index in [-0.39, 0.29) is 36.4 Å². The minimum Gasteiger partial charge on any atom is -0.491 e. The Kier molecular flexibility index (Phi) is 12.0. The first kappa shape index (κ1) is 36.6. The Bertz CT molecular complexity index is 2100. The number of allylic oxidation sites excluding steroid dienone is 1. The molecule has 0 bridgehead atoms. The third kappa shape index (κ3) is 8.03. The number of aromatic nitrogens is 1. The Hall–Kier alpha value is -4.68. The lowest BCUT2D eigenvalue weighted by atomic mass is 9.95. The summed E-state index contributed by atoms with van der Waals surface area (Å²) in [5, 5.41) is 0. The first-order valence-electron chi connectivity index (χ1n) is 16.4. The van der Waals surface area contributed by atoms with Crippen molar-refractivity contribution in [2.45, 2.75) is 60.3 Å². The molecule has 10 nitrogen and oxygen atoms in total. The Balaban J connectivity index is 1.54. The number of halogens is 1. The summed E-state index contributed by atoms with van der Waals surface area (Å²) in [5.41, 5.74) is 3.11. The van der Waals surface area contributed by atoms with E-state index in [1.165, 1.54) is 11.3 Å². The number of fused-ring (bicyclic) bond motifs is 1. The van der Waals surface area contributed by atoms with Crippen molar-refractivity contribution >= 4 is 45.3 Å². The molecule has 1 atom stereocenters. The second-order valence-electron chi connectivity index (χ2n) is 11.5. The summed E-state index contributed by atoms with van der Waals surface area (Å²) in [6, 6.07) is 17.3. The van der Waals surface area contributed by atoms with Gasteiger partial charge >= 0.3 is 11.9 Å². The van der Waals surface area contributed by atoms with Gasteiger partial charge in [-0.1, -0.05) is 41.7 Å². The summed E-state index contributed by atoms with van der Waals surface area (Å²) >= 11 is 4.87. The molecule has 0 spiro atoms. The van der Waals surface area contributed by atoms with E-state index in [1.807, 2.05) is 69.3 Å². The summed E-state index contributed by atoms with van der Waals surface area (Å²) < 4.78 is 31.4. The normalized spacial score (nSPS) is 14.2. The van der Waals surface area contributed by atoms with Gasteiger partial charge in [-0.15, -0.1) is 0 Å². The topological polar surface area (TPSA) is 115 Å². The SMILES string of the molecule is CCOC(=O)C1=C(C)N=c2s/c(=C\c3cc(Br)c(OCc4ccc(C(=O)OCC)cc4)c(OCC)c3)c(=O)n2[C@@H]1c1ccccc1OC(C)C. The summed E-state index contributed by atoms with van der Waals surface area (Å²) in [6.45, 7) is 12.1. The van der Waals surface area contributed by atoms with Crippen molar-refractivity contribution in [2.24, 2.45) is 4.99 Å². The van der Waals surface area contributed by atoms with Gasteiger partial charge in [0.15, 0.2) is 16.3 Å². The number of carbonyl (C=O) groups excluding carboxylic acids is 2. The van der Waals surface area contributed by atoms with E-state index in [1.54, 1.807) is 43.5 Å². The lowest BCUT2D eigenvalue weighted by Gasteiger charge is -2.26. The van der Waals surface area contributed by atoms with E-state index < -0.39 is 12.0 Å². The van der Waals surface area contributed by atoms with Crippen molar-refractivity contribution in [2.75, 3.05) is 19.8 Å². The maximum Gasteiger partial charge on any atom is 0.338 e. The molecular weight excluding hydrogens is 724 g/mol. The summed E-state index contributed by atoms with van der Waals surface area (Å²) in [4.78, 5) is 44.8. The molecular formula is C38H39BrN2O8S. The van der Waals surface area contributed by atoms with Crippen LogP contribution in [0.5, 0.6) is 17.2 Å². The minimum absolute atomic E-state index is 0.134. The van der Waals surface area contributed by atoms with Crippen molar-refractivity contribution in [3.05, 3.63) is 118 Å². The molecule has 0 radical (unpaired) electrons. The van der Waals surface area contributed by atoms with E-state index in [9.17, 15) is 14.4 Å². The molecule has 2 heterocycles. The number of nitrogens with zero attached hydrogens (tertiary/aromatic N) is 2. The van der Waals surface area contributed by atoms with Crippen LogP contribution in [0.25, 0.3) is 6.08 Å². The minimum atomic E-state index is -0.810. The first-order chi connectivity index (χ1) is 24.1. The highest BCUT2D eigenvalue weighted by molar-refractivity contribution is 9.10. The number of carbonyl (C=O) groups is 2. The van der Waals surface area contributed by atoms with Crippen LogP contribution in [0.2, 0.25) is 0 Å². The third-order valence-corrected chi connectivity index (χ3v) is 9.14. The Morgan fingerprint density at radius 1 is 0.940 bits per heavy atom. The lowest BCUT2D eigenvalue weighted by molar-refractivity contribution is -0.139. The van der Waals surface area contributed by atoms with Crippen LogP contribution >= 0.6 is 27.3 Å². The van der Waals surface area contributed by atoms with Gasteiger partial charge in [0.05, 0.1) is 51.8 Å². The smallest absolute Gasteiger partial charge is 0.338 e. The fraction of sp³-hybridized carbons (Fsp3) is 0.316. The standard InChI is InChI=1S/C38H39BrN2O8S/c1-7-45-30-19-25(18-28(39)34(30)48-21-24-14-16-26(17-15-24)36(43)46-8-2)20-31-35(42)41-33(27-12-10-11-13-29(27)49-22(4)5)32(37(44)47-9-3)23(6)40-38(41)50-31/h10-20,22,33H,7-9,21H2,1-6H3/b31-20-/t33-/m1/s1. The second kappa shape index (κ2) is 16.4. The summed E-state index contributed by atoms with van der Waals surface area (Å²) in [6.07, 6.45) is 1.64. The monoisotopic (exact) mass is 762 g/mol. The molecule has 0 N–H and O–H groups in total. The molecule has 12 heteroatoms. The van der Waals surface area contributed by atoms with Crippen LogP contribution in [0.4, 0.5) is 0 Å². The predicted octanol–water partition coefficient (Wildman–Crippen LogP) is 6.50. The number of hydrogen-bond acceptors (Lipinski definition) is 10. The fourth-order valence-electron chi connectivity index (χ4n) is 5.49. The van der Waals surface area contributed by atoms with Crippen LogP contribution in [0.1, 0.15) is 74.6 Å². The lowest BCUT2D eigenvalue weighted by Crippen LogP contribution is -2.40. The molecule has 0 fully saturated rings. The molecule has 0 aliphatic carbocycles. The average molecular weight is 764 g/mol. The van der Waals surface area contributed by atoms with Crippen LogP contribution in [0, 0.1) is 0 Å². The van der Waals surface area contributed by atoms with Crippen LogP contribution in [-0.2, 0) is 20.9 Å². The number of benzene rings is 3. The Morgan fingerprint density at radius 2 is 1.64 bits per heavy atom. The van der Waals surface area contributed by atoms with Gasteiger partial charge in [-0.05, 0) is 105 Å². The van der Waals surface area contributed by atoms with E-state index in [2.05, 4.69) is 15.9 Å². The number of hydrogen-bond donors (Lipinski definition) is 0. The van der Waals surface area contributed by atoms with Crippen molar-refractivity contribution in [1.29, 1.82) is 0 Å². The van der Waals surface area contributed by atoms with E-state index in [4.69, 9.17) is 28.7 Å². The largest absolute Gasteiger partial charge is 0.491 e. The zero-order chi connectivity index (χ0) is 35.9. The summed E-state index contributed by atoms with van der Waals surface area (Å²) in [7, 11) is 0. The third-order valence-electron chi connectivity index (χ3n) is 7.57. The zero-order valence-corrected chi connectivity index (χ0v) is 31.2. The molecule has 5 rings (SSSR count). The number of rotatable bonds is 13. The van der Waals surface area contributed by atoms with Gasteiger partial charge in [0.25, 0.3) is 5.56 Å². The van der Waals surface area contributed by atoms with Crippen molar-refractivity contribution in [1.82, 2.24) is 4.57 Å². The van der Waals surface area contributed by atoms with E-state index in [0.29, 0.717) is 66.7 Å². The number of thiazole rings is 1. The van der Waals surface area contributed by atoms with Crippen molar-refractivity contribution in [3.63, 3.8) is 0 Å². The second-order valence-corrected chi connectivity index (χ2v) is 13.3. The molecule has 4 aromatic rings. The van der Waals surface area contributed by atoms with Crippen LogP contribution in [0.3, 0.4) is 0 Å². The van der Waals surface area contributed by atoms with E-state index >= 15 is 0 Å². The van der Waals surface area contributed by atoms with Gasteiger partial charge in [-0.25, -0.2) is 14.6 Å². The molecule has 3 aromatic carbocycles. The fourth-order valence-corrected chi connectivity index (χ4v) is 7.11. The van der Waals surface area contributed by atoms with Gasteiger partial charge in [0, 0.05) is 5.56 Å². The predicted molar refractivity (Wildman–Crippen MR) is 195 cm³/mol. The van der Waals surface area contributed by atoms with Crippen LogP contribution < -0.4 is 29.1 Å². The van der Waals surface area contributed by atoms with Gasteiger partial charge < -0.3 is 23.7 Å². The quantitative estimate of drug-likeness (QED) is 0.142. The molecule has 0 saturated carbocycles. The number of ether oxygens (including phenoxy) is 5. The number of para-hydroxylation sites is 1. The highest BCUT2D eigenvalue weighted by Gasteiger charge is 2.35. The molecule has 0 amide bonds. The Labute approximate surface area is 302 Å². The van der Waals surface area contributed by atoms with Gasteiger partial charge in [0.1, 0.15) is 18.4 Å². The highest BCUT2D eigenvalue weighted by Crippen LogP contribution is 2.38. The zero-order valence-electron chi connectivity index (χ0n) is 28.8. The molecule has 1 aromatic heterocycles. The molecule has 262 valence electrons. The highest BCUT2D eigenvalue weighted by atomic mass is 79.9. The number of esters is 2. The molecule has 1 aliphatic rings. The molecule has 0 unspecified atom stereocenters. The van der Waals surface area contributed by atoms with Gasteiger partial charge in [0.2, 0.25) is 0 Å². The molecule has 0 saturated heterocycles. The van der Waals surface area contributed by atoms with E-state index in [0.717, 1.165) is 5.56 Å². The van der Waals surface area contributed by atoms with Crippen molar-refractivity contribution < 1.29 is 33.3 Å². The maximum atomic E-state index is 14.3. The molecule has 50 heavy (non-hydrogen) atoms. The first-order valence-corrected chi connectivity index (χ1v) is 18.0. The van der Waals surface area contributed by atoms with Crippen molar-refractivity contribution in [3.8, 4) is 17.2 Å². The summed E-state index contributed by atoms with van der Waals surface area (Å²) in [5.74, 6) is 0.635. The van der Waals surface area contributed by atoms with Gasteiger partial charge in [-0.2, -0.15) is 0 Å². The Morgan fingerprint density at radius 3 is 2.32 bits per heavy atom. The average Bonchev–Trinajstić information content (AvgIpc) is 3.38. The van der Waals surface area contributed by atoms with Gasteiger partial charge in [-0.3, -0.25) is 9.36 Å². The maximum absolute atomic E-state index is 14.3.